The Hall–Kier alpha value is -3.54. The van der Waals surface area contributed by atoms with E-state index < -0.39 is 5.91 Å². The van der Waals surface area contributed by atoms with Crippen LogP contribution in [-0.2, 0) is 6.54 Å². The number of hydrazone groups is 1. The van der Waals surface area contributed by atoms with Gasteiger partial charge in [-0.3, -0.25) is 14.6 Å². The van der Waals surface area contributed by atoms with Crippen molar-refractivity contribution in [1.29, 1.82) is 0 Å². The molecule has 0 bridgehead atoms. The van der Waals surface area contributed by atoms with Gasteiger partial charge in [0.05, 0.1) is 18.5 Å². The molecule has 0 saturated carbocycles. The highest BCUT2D eigenvalue weighted by Crippen LogP contribution is 2.05. The van der Waals surface area contributed by atoms with Gasteiger partial charge in [-0.1, -0.05) is 35.9 Å². The minimum absolute atomic E-state index is 0.0396. The molecular weight excluding hydrogens is 328 g/mol. The van der Waals surface area contributed by atoms with Crippen LogP contribution in [0, 0.1) is 6.92 Å². The Morgan fingerprint density at radius 2 is 1.96 bits per heavy atom. The van der Waals surface area contributed by atoms with E-state index in [-0.39, 0.29) is 11.1 Å². The van der Waals surface area contributed by atoms with Gasteiger partial charge in [0.15, 0.2) is 0 Å². The number of nitrogens with zero attached hydrogens (tertiary/aromatic N) is 3. The molecule has 0 saturated heterocycles. The van der Waals surface area contributed by atoms with Gasteiger partial charge in [-0.15, -0.1) is 0 Å². The molecule has 6 nitrogen and oxygen atoms in total. The van der Waals surface area contributed by atoms with E-state index in [1.54, 1.807) is 30.6 Å². The van der Waals surface area contributed by atoms with Crippen molar-refractivity contribution in [3.8, 4) is 0 Å². The molecule has 3 aromatic rings. The third-order valence-electron chi connectivity index (χ3n) is 3.79. The third kappa shape index (κ3) is 4.30. The lowest BCUT2D eigenvalue weighted by atomic mass is 10.1. The quantitative estimate of drug-likeness (QED) is 0.569. The van der Waals surface area contributed by atoms with Gasteiger partial charge in [0, 0.05) is 12.4 Å². The fraction of sp³-hybridized carbons (Fsp3) is 0.100. The number of amides is 1. The van der Waals surface area contributed by atoms with E-state index in [1.807, 2.05) is 37.3 Å². The molecule has 6 heteroatoms. The zero-order valence-electron chi connectivity index (χ0n) is 14.3. The maximum absolute atomic E-state index is 12.6. The van der Waals surface area contributed by atoms with Gasteiger partial charge >= 0.3 is 0 Å². The zero-order chi connectivity index (χ0) is 18.4. The summed E-state index contributed by atoms with van der Waals surface area (Å²) >= 11 is 0. The van der Waals surface area contributed by atoms with Crippen LogP contribution >= 0.6 is 0 Å². The maximum Gasteiger partial charge on any atom is 0.276 e. The van der Waals surface area contributed by atoms with E-state index in [0.717, 1.165) is 11.1 Å². The molecule has 0 atom stereocenters. The molecular formula is C20H18N4O2. The zero-order valence-corrected chi connectivity index (χ0v) is 14.3. The summed E-state index contributed by atoms with van der Waals surface area (Å²) in [6, 6.07) is 16.4. The van der Waals surface area contributed by atoms with Crippen LogP contribution in [0.4, 0.5) is 0 Å². The first kappa shape index (κ1) is 17.3. The SMILES string of the molecule is Cc1ccc(Cn2cccc(C(=O)N/N=C\c3ccccn3)c2=O)cc1. The largest absolute Gasteiger partial charge is 0.310 e. The Kier molecular flexibility index (Phi) is 5.34. The summed E-state index contributed by atoms with van der Waals surface area (Å²) in [5.74, 6) is -0.555. The number of hydrogen-bond acceptors (Lipinski definition) is 4. The van der Waals surface area contributed by atoms with Gasteiger partial charge in [0.25, 0.3) is 11.5 Å². The fourth-order valence-electron chi connectivity index (χ4n) is 2.39. The Morgan fingerprint density at radius 3 is 2.69 bits per heavy atom. The predicted octanol–water partition coefficient (Wildman–Crippen LogP) is 2.36. The molecule has 130 valence electrons. The topological polar surface area (TPSA) is 76.3 Å². The molecule has 3 rings (SSSR count). The number of carbonyl (C=O) groups is 1. The number of carbonyl (C=O) groups excluding carboxylic acids is 1. The monoisotopic (exact) mass is 346 g/mol. The van der Waals surface area contributed by atoms with Crippen LogP contribution in [0.1, 0.15) is 27.2 Å². The average molecular weight is 346 g/mol. The molecule has 0 aliphatic heterocycles. The van der Waals surface area contributed by atoms with Crippen molar-refractivity contribution in [3.05, 3.63) is 99.7 Å². The Bertz CT molecular complexity index is 977. The summed E-state index contributed by atoms with van der Waals surface area (Å²) < 4.78 is 1.50. The van der Waals surface area contributed by atoms with Gasteiger partial charge in [0.1, 0.15) is 5.56 Å². The summed E-state index contributed by atoms with van der Waals surface area (Å²) in [6.45, 7) is 2.41. The van der Waals surface area contributed by atoms with Crippen molar-refractivity contribution in [2.45, 2.75) is 13.5 Å². The highest BCUT2D eigenvalue weighted by molar-refractivity contribution is 5.94. The van der Waals surface area contributed by atoms with Gasteiger partial charge in [-0.25, -0.2) is 5.43 Å². The minimum Gasteiger partial charge on any atom is -0.310 e. The second-order valence-electron chi connectivity index (χ2n) is 5.79. The van der Waals surface area contributed by atoms with Crippen LogP contribution in [0.3, 0.4) is 0 Å². The van der Waals surface area contributed by atoms with Crippen LogP contribution in [-0.4, -0.2) is 21.7 Å². The van der Waals surface area contributed by atoms with Gasteiger partial charge in [0.2, 0.25) is 0 Å². The van der Waals surface area contributed by atoms with Crippen LogP contribution in [0.5, 0.6) is 0 Å². The highest BCUT2D eigenvalue weighted by atomic mass is 16.2. The highest BCUT2D eigenvalue weighted by Gasteiger charge is 2.11. The van der Waals surface area contributed by atoms with E-state index in [4.69, 9.17) is 0 Å². The van der Waals surface area contributed by atoms with Crippen molar-refractivity contribution in [1.82, 2.24) is 15.0 Å². The van der Waals surface area contributed by atoms with E-state index in [9.17, 15) is 9.59 Å². The lowest BCUT2D eigenvalue weighted by Crippen LogP contribution is -2.30. The second-order valence-corrected chi connectivity index (χ2v) is 5.79. The molecule has 26 heavy (non-hydrogen) atoms. The summed E-state index contributed by atoms with van der Waals surface area (Å²) in [6.07, 6.45) is 4.71. The summed E-state index contributed by atoms with van der Waals surface area (Å²) in [5, 5.41) is 3.85. The maximum atomic E-state index is 12.6. The molecule has 0 spiro atoms. The number of benzene rings is 1. The molecule has 0 fully saturated rings. The summed E-state index contributed by atoms with van der Waals surface area (Å²) in [4.78, 5) is 28.9. The normalized spacial score (nSPS) is 10.8. The summed E-state index contributed by atoms with van der Waals surface area (Å²) in [7, 11) is 0. The fourth-order valence-corrected chi connectivity index (χ4v) is 2.39. The second kappa shape index (κ2) is 8.02. The van der Waals surface area contributed by atoms with Crippen LogP contribution < -0.4 is 11.0 Å². The average Bonchev–Trinajstić information content (AvgIpc) is 2.66. The van der Waals surface area contributed by atoms with Crippen molar-refractivity contribution in [3.63, 3.8) is 0 Å². The van der Waals surface area contributed by atoms with E-state index in [2.05, 4.69) is 15.5 Å². The van der Waals surface area contributed by atoms with Crippen LogP contribution in [0.2, 0.25) is 0 Å². The van der Waals surface area contributed by atoms with Crippen molar-refractivity contribution in [2.24, 2.45) is 5.10 Å². The third-order valence-corrected chi connectivity index (χ3v) is 3.79. The number of nitrogens with one attached hydrogen (secondary N) is 1. The van der Waals surface area contributed by atoms with Gasteiger partial charge < -0.3 is 4.57 Å². The molecule has 1 amide bonds. The first-order chi connectivity index (χ1) is 12.6. The van der Waals surface area contributed by atoms with Crippen LogP contribution in [0.15, 0.2) is 76.9 Å². The molecule has 1 N–H and O–H groups in total. The molecule has 0 aliphatic carbocycles. The van der Waals surface area contributed by atoms with E-state index in [0.29, 0.717) is 12.2 Å². The Morgan fingerprint density at radius 1 is 1.15 bits per heavy atom. The molecule has 1 aromatic carbocycles. The van der Waals surface area contributed by atoms with Crippen molar-refractivity contribution >= 4 is 12.1 Å². The minimum atomic E-state index is -0.555. The first-order valence-corrected chi connectivity index (χ1v) is 8.13. The van der Waals surface area contributed by atoms with Gasteiger partial charge in [-0.05, 0) is 36.8 Å². The van der Waals surface area contributed by atoms with Crippen molar-refractivity contribution < 1.29 is 4.79 Å². The number of hydrogen-bond donors (Lipinski definition) is 1. The molecule has 0 unspecified atom stereocenters. The predicted molar refractivity (Wildman–Crippen MR) is 100 cm³/mol. The molecule has 2 heterocycles. The summed E-state index contributed by atoms with van der Waals surface area (Å²) in [5.41, 5.74) is 4.79. The van der Waals surface area contributed by atoms with Gasteiger partial charge in [-0.2, -0.15) is 5.10 Å². The van der Waals surface area contributed by atoms with Crippen molar-refractivity contribution in [2.75, 3.05) is 0 Å². The number of pyridine rings is 2. The molecule has 2 aromatic heterocycles. The van der Waals surface area contributed by atoms with E-state index in [1.165, 1.54) is 16.8 Å². The molecule has 0 aliphatic rings. The number of aryl methyl sites for hydroxylation is 1. The molecule has 0 radical (unpaired) electrons. The smallest absolute Gasteiger partial charge is 0.276 e. The van der Waals surface area contributed by atoms with E-state index >= 15 is 0 Å². The lowest BCUT2D eigenvalue weighted by Gasteiger charge is -2.08. The standard InChI is InChI=1S/C20H18N4O2/c1-15-7-9-16(10-8-15)14-24-12-4-6-18(20(24)26)19(25)23-22-13-17-5-2-3-11-21-17/h2-13H,14H2,1H3,(H,23,25)/b22-13-. The lowest BCUT2D eigenvalue weighted by molar-refractivity contribution is 0.0953. The van der Waals surface area contributed by atoms with Crippen LogP contribution in [0.25, 0.3) is 0 Å². The Labute approximate surface area is 150 Å². The number of rotatable bonds is 5. The number of aromatic nitrogens is 2. The Balaban J connectivity index is 1.73. The first-order valence-electron chi connectivity index (χ1n) is 8.13.